The molecule has 0 aliphatic heterocycles. The Hall–Kier alpha value is -1.02. The van der Waals surface area contributed by atoms with Gasteiger partial charge in [-0.2, -0.15) is 0 Å². The number of alkyl halides is 1. The standard InChI is InChI=1S/C22H30FO7P/c1-12-8-16-15-5-4-13-9-14(24)6-7-19(13,2)21(15,23)17(25)10-20(16,3)22(12,27)18(26)11-30-31(28)29/h6-7,9,12,15-17,25,27-29H,4-5,8,10-11H2,1-3H3/t12-,15+,16+,17+,19+,20+,21+,22+/m1/s1. The summed E-state index contributed by atoms with van der Waals surface area (Å²) in [6, 6.07) is 0. The molecule has 0 saturated heterocycles. The van der Waals surface area contributed by atoms with Crippen molar-refractivity contribution in [1.82, 2.24) is 0 Å². The third-order valence-electron chi connectivity index (χ3n) is 8.96. The van der Waals surface area contributed by atoms with E-state index in [0.717, 1.165) is 0 Å². The number of carbonyl (C=O) groups is 2. The highest BCUT2D eigenvalue weighted by molar-refractivity contribution is 7.39. The molecule has 31 heavy (non-hydrogen) atoms. The van der Waals surface area contributed by atoms with Crippen molar-refractivity contribution in [3.63, 3.8) is 0 Å². The molecular weight excluding hydrogens is 426 g/mol. The van der Waals surface area contributed by atoms with E-state index < -0.39 is 61.0 Å². The molecular formula is C22H30FO7P. The molecule has 0 amide bonds. The van der Waals surface area contributed by atoms with E-state index in [2.05, 4.69) is 4.52 Å². The molecule has 172 valence electrons. The molecule has 8 atom stereocenters. The van der Waals surface area contributed by atoms with E-state index in [4.69, 9.17) is 9.79 Å². The van der Waals surface area contributed by atoms with Crippen LogP contribution in [-0.2, 0) is 14.1 Å². The molecule has 4 rings (SSSR count). The Kier molecular flexibility index (Phi) is 5.41. The third kappa shape index (κ3) is 2.85. The molecule has 0 bridgehead atoms. The minimum Gasteiger partial charge on any atom is -0.390 e. The minimum atomic E-state index is -2.75. The molecule has 9 heteroatoms. The second-order valence-corrected chi connectivity index (χ2v) is 10.9. The summed E-state index contributed by atoms with van der Waals surface area (Å²) >= 11 is 0. The van der Waals surface area contributed by atoms with Gasteiger partial charge < -0.3 is 24.5 Å². The zero-order valence-electron chi connectivity index (χ0n) is 17.9. The predicted octanol–water partition coefficient (Wildman–Crippen LogP) is 2.13. The molecule has 3 fully saturated rings. The average Bonchev–Trinajstić information content (AvgIpc) is 2.89. The lowest BCUT2D eigenvalue weighted by molar-refractivity contribution is -0.219. The maximum absolute atomic E-state index is 17.0. The molecule has 7 nitrogen and oxygen atoms in total. The Balaban J connectivity index is 1.75. The van der Waals surface area contributed by atoms with Crippen LogP contribution in [0.3, 0.4) is 0 Å². The van der Waals surface area contributed by atoms with Gasteiger partial charge in [-0.3, -0.25) is 9.59 Å². The van der Waals surface area contributed by atoms with Crippen molar-refractivity contribution < 1.29 is 38.5 Å². The van der Waals surface area contributed by atoms with Crippen molar-refractivity contribution in [1.29, 1.82) is 0 Å². The lowest BCUT2D eigenvalue weighted by Gasteiger charge is -2.62. The van der Waals surface area contributed by atoms with Crippen molar-refractivity contribution in [2.24, 2.45) is 28.6 Å². The summed E-state index contributed by atoms with van der Waals surface area (Å²) in [5, 5.41) is 22.8. The number of aliphatic hydroxyl groups is 2. The number of hydrogen-bond acceptors (Lipinski definition) is 7. The summed E-state index contributed by atoms with van der Waals surface area (Å²) in [4.78, 5) is 42.9. The molecule has 4 aliphatic rings. The van der Waals surface area contributed by atoms with E-state index in [0.29, 0.717) is 24.8 Å². The quantitative estimate of drug-likeness (QED) is 0.478. The number of hydrogen-bond donors (Lipinski definition) is 4. The fourth-order valence-corrected chi connectivity index (χ4v) is 7.60. The van der Waals surface area contributed by atoms with Crippen molar-refractivity contribution in [2.75, 3.05) is 6.61 Å². The van der Waals surface area contributed by atoms with Gasteiger partial charge in [0.05, 0.1) is 6.10 Å². The maximum Gasteiger partial charge on any atom is 0.327 e. The first-order chi connectivity index (χ1) is 14.3. The van der Waals surface area contributed by atoms with Crippen molar-refractivity contribution >= 4 is 20.2 Å². The second kappa shape index (κ2) is 7.24. The van der Waals surface area contributed by atoms with E-state index in [1.807, 2.05) is 0 Å². The monoisotopic (exact) mass is 456 g/mol. The van der Waals surface area contributed by atoms with E-state index in [-0.39, 0.29) is 18.1 Å². The normalized spacial score (nSPS) is 48.8. The van der Waals surface area contributed by atoms with Crippen LogP contribution in [0.4, 0.5) is 4.39 Å². The summed E-state index contributed by atoms with van der Waals surface area (Å²) in [5.74, 6) is -2.39. The van der Waals surface area contributed by atoms with Gasteiger partial charge in [0.2, 0.25) is 0 Å². The Morgan fingerprint density at radius 3 is 2.65 bits per heavy atom. The molecule has 0 unspecified atom stereocenters. The van der Waals surface area contributed by atoms with E-state index >= 15 is 4.39 Å². The van der Waals surface area contributed by atoms with Gasteiger partial charge in [0.25, 0.3) is 0 Å². The predicted molar refractivity (Wildman–Crippen MR) is 110 cm³/mol. The number of Topliss-reactive ketones (excluding diaryl/α,β-unsaturated/α-hetero) is 1. The highest BCUT2D eigenvalue weighted by Gasteiger charge is 2.75. The van der Waals surface area contributed by atoms with Gasteiger partial charge in [-0.1, -0.05) is 25.5 Å². The van der Waals surface area contributed by atoms with Crippen LogP contribution in [0.15, 0.2) is 23.8 Å². The maximum atomic E-state index is 17.0. The SMILES string of the molecule is C[C@@H]1C[C@H]2[C@@H]3CCC4=CC(=O)C=C[C@]4(C)[C@@]3(F)[C@@H](O)C[C@]2(C)[C@@]1(O)C(=O)COP(O)O. The summed E-state index contributed by atoms with van der Waals surface area (Å²) < 4.78 is 21.7. The number of allylic oxidation sites excluding steroid dienone is 4. The topological polar surface area (TPSA) is 124 Å². The van der Waals surface area contributed by atoms with E-state index in [1.54, 1.807) is 26.8 Å². The Bertz CT molecular complexity index is 874. The van der Waals surface area contributed by atoms with Gasteiger partial charge in [-0.05, 0) is 56.6 Å². The molecule has 4 aliphatic carbocycles. The number of fused-ring (bicyclic) bond motifs is 5. The van der Waals surface area contributed by atoms with E-state index in [1.165, 1.54) is 12.2 Å². The first kappa shape index (κ1) is 23.1. The zero-order chi connectivity index (χ0) is 23.0. The first-order valence-corrected chi connectivity index (χ1v) is 11.9. The van der Waals surface area contributed by atoms with Crippen LogP contribution < -0.4 is 0 Å². The Morgan fingerprint density at radius 1 is 1.32 bits per heavy atom. The summed E-state index contributed by atoms with van der Waals surface area (Å²) in [5.41, 5.74) is -5.49. The van der Waals surface area contributed by atoms with E-state index in [9.17, 15) is 19.8 Å². The summed E-state index contributed by atoms with van der Waals surface area (Å²) in [6.07, 6.45) is 4.11. The van der Waals surface area contributed by atoms with Crippen LogP contribution in [0.1, 0.15) is 46.5 Å². The zero-order valence-corrected chi connectivity index (χ0v) is 18.8. The highest BCUT2D eigenvalue weighted by atomic mass is 31.2. The number of aliphatic hydroxyl groups excluding tert-OH is 1. The lowest BCUT2D eigenvalue weighted by Crippen LogP contribution is -2.69. The first-order valence-electron chi connectivity index (χ1n) is 10.7. The highest BCUT2D eigenvalue weighted by Crippen LogP contribution is 2.70. The van der Waals surface area contributed by atoms with Crippen LogP contribution in [0.2, 0.25) is 0 Å². The fourth-order valence-electron chi connectivity index (χ4n) is 7.37. The van der Waals surface area contributed by atoms with Crippen LogP contribution in [0, 0.1) is 28.6 Å². The molecule has 0 aromatic rings. The third-order valence-corrected chi connectivity index (χ3v) is 9.32. The van der Waals surface area contributed by atoms with Gasteiger partial charge >= 0.3 is 8.60 Å². The molecule has 0 radical (unpaired) electrons. The van der Waals surface area contributed by atoms with Gasteiger partial charge in [0.15, 0.2) is 17.2 Å². The minimum absolute atomic E-state index is 0.130. The number of rotatable bonds is 4. The smallest absolute Gasteiger partial charge is 0.327 e. The van der Waals surface area contributed by atoms with Crippen LogP contribution in [-0.4, -0.2) is 55.5 Å². The molecule has 0 spiro atoms. The number of carbonyl (C=O) groups excluding carboxylic acids is 2. The van der Waals surface area contributed by atoms with Crippen LogP contribution in [0.5, 0.6) is 0 Å². The van der Waals surface area contributed by atoms with Crippen molar-refractivity contribution in [3.8, 4) is 0 Å². The number of halogens is 1. The van der Waals surface area contributed by atoms with Crippen LogP contribution in [0.25, 0.3) is 0 Å². The van der Waals surface area contributed by atoms with Gasteiger partial charge in [-0.15, -0.1) is 0 Å². The Morgan fingerprint density at radius 2 is 2.00 bits per heavy atom. The van der Waals surface area contributed by atoms with Crippen LogP contribution >= 0.6 is 8.60 Å². The number of ketones is 2. The van der Waals surface area contributed by atoms with Crippen molar-refractivity contribution in [3.05, 3.63) is 23.8 Å². The van der Waals surface area contributed by atoms with Gasteiger partial charge in [-0.25, -0.2) is 4.39 Å². The second-order valence-electron chi connectivity index (χ2n) is 10.1. The van der Waals surface area contributed by atoms with Gasteiger partial charge in [0, 0.05) is 16.7 Å². The van der Waals surface area contributed by atoms with Gasteiger partial charge in [0.1, 0.15) is 12.2 Å². The molecule has 0 aromatic carbocycles. The largest absolute Gasteiger partial charge is 0.390 e. The lowest BCUT2D eigenvalue weighted by atomic mass is 9.44. The molecule has 3 saturated carbocycles. The molecule has 0 heterocycles. The molecule has 4 N–H and O–H groups in total. The summed E-state index contributed by atoms with van der Waals surface area (Å²) in [6.45, 7) is 4.49. The Labute approximate surface area is 182 Å². The summed E-state index contributed by atoms with van der Waals surface area (Å²) in [7, 11) is -2.75. The average molecular weight is 456 g/mol. The fraction of sp³-hybridized carbons (Fsp3) is 0.727. The molecule has 0 aromatic heterocycles. The van der Waals surface area contributed by atoms with Crippen molar-refractivity contribution in [2.45, 2.75) is 63.8 Å².